The van der Waals surface area contributed by atoms with E-state index in [1.807, 2.05) is 0 Å². The Labute approximate surface area is 112 Å². The number of aromatic amines is 1. The third-order valence-electron chi connectivity index (χ3n) is 4.04. The van der Waals surface area contributed by atoms with Gasteiger partial charge in [-0.3, -0.25) is 0 Å². The van der Waals surface area contributed by atoms with Crippen molar-refractivity contribution >= 4 is 10.9 Å². The molecule has 2 heteroatoms. The molecule has 2 nitrogen and oxygen atoms in total. The molecule has 0 spiro atoms. The largest absolute Gasteiger partial charge is 0.361 e. The van der Waals surface area contributed by atoms with E-state index in [4.69, 9.17) is 0 Å². The predicted molar refractivity (Wildman–Crippen MR) is 78.2 cm³/mol. The van der Waals surface area contributed by atoms with Gasteiger partial charge < -0.3 is 10.3 Å². The molecule has 0 saturated carbocycles. The zero-order valence-corrected chi connectivity index (χ0v) is 10.9. The van der Waals surface area contributed by atoms with Gasteiger partial charge in [-0.1, -0.05) is 42.0 Å². The molecule has 0 aliphatic carbocycles. The first-order chi connectivity index (χ1) is 9.33. The first-order valence-corrected chi connectivity index (χ1v) is 6.72. The maximum Gasteiger partial charge on any atom is 0.0600 e. The van der Waals surface area contributed by atoms with Gasteiger partial charge in [-0.2, -0.15) is 0 Å². The minimum atomic E-state index is 0.296. The van der Waals surface area contributed by atoms with Gasteiger partial charge in [0, 0.05) is 23.6 Å². The van der Waals surface area contributed by atoms with Gasteiger partial charge in [-0.05, 0) is 29.7 Å². The Bertz CT molecular complexity index is 738. The van der Waals surface area contributed by atoms with Gasteiger partial charge in [0.2, 0.25) is 0 Å². The molecular formula is C17H16N2. The fourth-order valence-corrected chi connectivity index (χ4v) is 3.04. The Hall–Kier alpha value is -2.06. The van der Waals surface area contributed by atoms with E-state index in [0.717, 1.165) is 6.54 Å². The lowest BCUT2D eigenvalue weighted by atomic mass is 9.92. The summed E-state index contributed by atoms with van der Waals surface area (Å²) in [5.74, 6) is 0. The van der Waals surface area contributed by atoms with Crippen molar-refractivity contribution in [2.24, 2.45) is 0 Å². The Morgan fingerprint density at radius 1 is 1.05 bits per heavy atom. The molecule has 4 rings (SSSR count). The monoisotopic (exact) mass is 248 g/mol. The molecule has 3 aromatic rings. The summed E-state index contributed by atoms with van der Waals surface area (Å²) >= 11 is 0. The minimum Gasteiger partial charge on any atom is -0.361 e. The van der Waals surface area contributed by atoms with Gasteiger partial charge in [-0.25, -0.2) is 0 Å². The lowest BCUT2D eigenvalue weighted by Crippen LogP contribution is -2.25. The Kier molecular flexibility index (Phi) is 2.26. The summed E-state index contributed by atoms with van der Waals surface area (Å²) < 4.78 is 0. The Morgan fingerprint density at radius 2 is 1.89 bits per heavy atom. The topological polar surface area (TPSA) is 27.8 Å². The third-order valence-corrected chi connectivity index (χ3v) is 4.04. The number of aromatic nitrogens is 1. The van der Waals surface area contributed by atoms with E-state index in [2.05, 4.69) is 65.9 Å². The summed E-state index contributed by atoms with van der Waals surface area (Å²) in [7, 11) is 0. The number of hydrogen-bond donors (Lipinski definition) is 2. The molecule has 19 heavy (non-hydrogen) atoms. The SMILES string of the molecule is Cc1ccc([C@@H]2NCc3cccc4[nH]cc2c34)cc1. The molecule has 0 unspecified atom stereocenters. The molecule has 2 N–H and O–H groups in total. The Balaban J connectivity index is 1.90. The van der Waals surface area contributed by atoms with E-state index in [0.29, 0.717) is 6.04 Å². The fourth-order valence-electron chi connectivity index (χ4n) is 3.04. The van der Waals surface area contributed by atoms with E-state index in [1.54, 1.807) is 0 Å². The van der Waals surface area contributed by atoms with Crippen LogP contribution >= 0.6 is 0 Å². The summed E-state index contributed by atoms with van der Waals surface area (Å²) in [6.07, 6.45) is 2.14. The molecule has 2 heterocycles. The molecule has 0 radical (unpaired) electrons. The summed E-state index contributed by atoms with van der Waals surface area (Å²) in [5, 5.41) is 5.03. The fraction of sp³-hybridized carbons (Fsp3) is 0.176. The number of hydrogen-bond acceptors (Lipinski definition) is 1. The van der Waals surface area contributed by atoms with Crippen LogP contribution in [0.5, 0.6) is 0 Å². The number of rotatable bonds is 1. The molecule has 2 aromatic carbocycles. The van der Waals surface area contributed by atoms with Gasteiger partial charge in [0.25, 0.3) is 0 Å². The molecule has 1 aliphatic heterocycles. The van der Waals surface area contributed by atoms with Crippen molar-refractivity contribution in [3.8, 4) is 0 Å². The average Bonchev–Trinajstić information content (AvgIpc) is 2.87. The highest BCUT2D eigenvalue weighted by molar-refractivity contribution is 5.88. The predicted octanol–water partition coefficient (Wildman–Crippen LogP) is 3.67. The van der Waals surface area contributed by atoms with Crippen molar-refractivity contribution in [1.82, 2.24) is 10.3 Å². The zero-order chi connectivity index (χ0) is 12.8. The van der Waals surface area contributed by atoms with Gasteiger partial charge in [0.1, 0.15) is 0 Å². The van der Waals surface area contributed by atoms with Crippen molar-refractivity contribution in [3.63, 3.8) is 0 Å². The van der Waals surface area contributed by atoms with Crippen molar-refractivity contribution in [1.29, 1.82) is 0 Å². The number of nitrogens with one attached hydrogen (secondary N) is 2. The smallest absolute Gasteiger partial charge is 0.0600 e. The van der Waals surface area contributed by atoms with Crippen LogP contribution < -0.4 is 5.32 Å². The second kappa shape index (κ2) is 3.97. The molecular weight excluding hydrogens is 232 g/mol. The van der Waals surface area contributed by atoms with Crippen LogP contribution in [0.25, 0.3) is 10.9 Å². The maximum atomic E-state index is 3.64. The summed E-state index contributed by atoms with van der Waals surface area (Å²) in [5.41, 5.74) is 6.63. The first-order valence-electron chi connectivity index (χ1n) is 6.72. The molecule has 94 valence electrons. The standard InChI is InChI=1S/C17H16N2/c1-11-5-7-12(8-6-11)17-14-10-18-15-4-2-3-13(9-19-17)16(14)15/h2-8,10,17-19H,9H2,1H3/t17-/m0/s1. The molecule has 0 fully saturated rings. The summed E-state index contributed by atoms with van der Waals surface area (Å²) in [4.78, 5) is 3.39. The van der Waals surface area contributed by atoms with Crippen molar-refractivity contribution in [2.45, 2.75) is 19.5 Å². The van der Waals surface area contributed by atoms with Crippen LogP contribution in [0.3, 0.4) is 0 Å². The molecule has 0 bridgehead atoms. The van der Waals surface area contributed by atoms with Crippen LogP contribution in [0.15, 0.2) is 48.7 Å². The van der Waals surface area contributed by atoms with Crippen LogP contribution in [-0.2, 0) is 6.54 Å². The summed E-state index contributed by atoms with van der Waals surface area (Å²) in [6, 6.07) is 15.6. The van der Waals surface area contributed by atoms with E-state index in [9.17, 15) is 0 Å². The van der Waals surface area contributed by atoms with Crippen LogP contribution in [-0.4, -0.2) is 4.98 Å². The lowest BCUT2D eigenvalue weighted by Gasteiger charge is -2.24. The second-order valence-electron chi connectivity index (χ2n) is 5.31. The van der Waals surface area contributed by atoms with E-state index >= 15 is 0 Å². The van der Waals surface area contributed by atoms with Crippen LogP contribution in [0.1, 0.15) is 28.3 Å². The Morgan fingerprint density at radius 3 is 2.74 bits per heavy atom. The minimum absolute atomic E-state index is 0.296. The highest BCUT2D eigenvalue weighted by Gasteiger charge is 2.23. The number of H-pyrrole nitrogens is 1. The number of benzene rings is 2. The lowest BCUT2D eigenvalue weighted by molar-refractivity contribution is 0.597. The van der Waals surface area contributed by atoms with Crippen molar-refractivity contribution in [3.05, 3.63) is 70.9 Å². The van der Waals surface area contributed by atoms with Crippen LogP contribution in [0.2, 0.25) is 0 Å². The van der Waals surface area contributed by atoms with Crippen molar-refractivity contribution < 1.29 is 0 Å². The van der Waals surface area contributed by atoms with Crippen LogP contribution in [0, 0.1) is 6.92 Å². The molecule has 1 atom stereocenters. The highest BCUT2D eigenvalue weighted by Crippen LogP contribution is 2.34. The van der Waals surface area contributed by atoms with Gasteiger partial charge in [-0.15, -0.1) is 0 Å². The van der Waals surface area contributed by atoms with E-state index in [-0.39, 0.29) is 0 Å². The molecule has 1 aliphatic rings. The van der Waals surface area contributed by atoms with Crippen molar-refractivity contribution in [2.75, 3.05) is 0 Å². The molecule has 0 saturated heterocycles. The third kappa shape index (κ3) is 1.60. The van der Waals surface area contributed by atoms with Gasteiger partial charge >= 0.3 is 0 Å². The van der Waals surface area contributed by atoms with Gasteiger partial charge in [0.15, 0.2) is 0 Å². The quantitative estimate of drug-likeness (QED) is 0.675. The normalized spacial score (nSPS) is 17.8. The number of aryl methyl sites for hydroxylation is 1. The highest BCUT2D eigenvalue weighted by atomic mass is 14.9. The maximum absolute atomic E-state index is 3.64. The van der Waals surface area contributed by atoms with Crippen LogP contribution in [0.4, 0.5) is 0 Å². The van der Waals surface area contributed by atoms with Gasteiger partial charge in [0.05, 0.1) is 6.04 Å². The molecule has 1 aromatic heterocycles. The zero-order valence-electron chi connectivity index (χ0n) is 10.9. The van der Waals surface area contributed by atoms with E-state index in [1.165, 1.54) is 33.2 Å². The second-order valence-corrected chi connectivity index (χ2v) is 5.31. The van der Waals surface area contributed by atoms with E-state index < -0.39 is 0 Å². The summed E-state index contributed by atoms with van der Waals surface area (Å²) in [6.45, 7) is 3.06. The molecule has 0 amide bonds. The average molecular weight is 248 g/mol. The first kappa shape index (κ1) is 10.8.